The number of rotatable bonds is 3. The molecule has 0 fully saturated rings. The lowest BCUT2D eigenvalue weighted by Crippen LogP contribution is -2.18. The molecule has 1 atom stereocenters. The van der Waals surface area contributed by atoms with E-state index in [9.17, 15) is 0 Å². The van der Waals surface area contributed by atoms with Crippen molar-refractivity contribution >= 4 is 0 Å². The molecule has 0 aliphatic rings. The number of nitrogens with zero attached hydrogens (tertiary/aromatic N) is 4. The summed E-state index contributed by atoms with van der Waals surface area (Å²) in [4.78, 5) is 0. The summed E-state index contributed by atoms with van der Waals surface area (Å²) in [5.74, 6) is 0. The van der Waals surface area contributed by atoms with Gasteiger partial charge < -0.3 is 5.32 Å². The predicted octanol–water partition coefficient (Wildman–Crippen LogP) is -0.153. The zero-order chi connectivity index (χ0) is 9.97. The molecule has 0 aliphatic carbocycles. The van der Waals surface area contributed by atoms with Gasteiger partial charge >= 0.3 is 0 Å². The summed E-state index contributed by atoms with van der Waals surface area (Å²) in [7, 11) is 3.76. The SMILES string of the molecule is CNC(c1cn[nH]n1)c1ccn(C)n1. The molecular weight excluding hydrogens is 180 g/mol. The second kappa shape index (κ2) is 3.59. The second-order valence-electron chi connectivity index (χ2n) is 3.03. The zero-order valence-corrected chi connectivity index (χ0v) is 8.10. The van der Waals surface area contributed by atoms with E-state index in [2.05, 4.69) is 25.8 Å². The Hall–Kier alpha value is -1.69. The molecule has 6 nitrogen and oxygen atoms in total. The van der Waals surface area contributed by atoms with Gasteiger partial charge in [-0.1, -0.05) is 0 Å². The van der Waals surface area contributed by atoms with E-state index >= 15 is 0 Å². The Balaban J connectivity index is 2.31. The van der Waals surface area contributed by atoms with Gasteiger partial charge in [0.05, 0.1) is 17.9 Å². The highest BCUT2D eigenvalue weighted by atomic mass is 15.3. The maximum absolute atomic E-state index is 4.31. The van der Waals surface area contributed by atoms with Crippen molar-refractivity contribution in [3.05, 3.63) is 29.8 Å². The van der Waals surface area contributed by atoms with Gasteiger partial charge in [0, 0.05) is 13.2 Å². The minimum Gasteiger partial charge on any atom is -0.307 e. The topological polar surface area (TPSA) is 71.4 Å². The largest absolute Gasteiger partial charge is 0.307 e. The molecule has 6 heteroatoms. The summed E-state index contributed by atoms with van der Waals surface area (Å²) in [5.41, 5.74) is 1.77. The quantitative estimate of drug-likeness (QED) is 0.709. The molecule has 0 saturated heterocycles. The number of hydrogen-bond acceptors (Lipinski definition) is 4. The molecule has 0 spiro atoms. The van der Waals surface area contributed by atoms with E-state index < -0.39 is 0 Å². The summed E-state index contributed by atoms with van der Waals surface area (Å²) in [6.45, 7) is 0. The van der Waals surface area contributed by atoms with Crippen LogP contribution in [0.3, 0.4) is 0 Å². The molecule has 2 rings (SSSR count). The molecule has 0 aliphatic heterocycles. The summed E-state index contributed by atoms with van der Waals surface area (Å²) in [6, 6.07) is 1.95. The summed E-state index contributed by atoms with van der Waals surface area (Å²) < 4.78 is 1.76. The van der Waals surface area contributed by atoms with Gasteiger partial charge in [-0.15, -0.1) is 0 Å². The summed E-state index contributed by atoms with van der Waals surface area (Å²) in [5, 5.41) is 17.8. The zero-order valence-electron chi connectivity index (χ0n) is 8.10. The van der Waals surface area contributed by atoms with Gasteiger partial charge in [-0.25, -0.2) is 0 Å². The van der Waals surface area contributed by atoms with E-state index in [-0.39, 0.29) is 6.04 Å². The highest BCUT2D eigenvalue weighted by Gasteiger charge is 2.16. The minimum absolute atomic E-state index is 0.00468. The molecule has 74 valence electrons. The molecule has 2 N–H and O–H groups in total. The van der Waals surface area contributed by atoms with Crippen molar-refractivity contribution in [1.29, 1.82) is 0 Å². The first-order valence-electron chi connectivity index (χ1n) is 4.33. The summed E-state index contributed by atoms with van der Waals surface area (Å²) in [6.07, 6.45) is 3.59. The third-order valence-electron chi connectivity index (χ3n) is 2.05. The molecule has 0 amide bonds. The molecule has 0 aromatic carbocycles. The number of H-pyrrole nitrogens is 1. The van der Waals surface area contributed by atoms with Crippen LogP contribution in [0.15, 0.2) is 18.5 Å². The van der Waals surface area contributed by atoms with Gasteiger partial charge in [0.1, 0.15) is 5.69 Å². The second-order valence-corrected chi connectivity index (χ2v) is 3.03. The van der Waals surface area contributed by atoms with Crippen molar-refractivity contribution in [2.45, 2.75) is 6.04 Å². The Labute approximate surface area is 81.3 Å². The van der Waals surface area contributed by atoms with Crippen LogP contribution in [-0.2, 0) is 7.05 Å². The van der Waals surface area contributed by atoms with Crippen molar-refractivity contribution < 1.29 is 0 Å². The third kappa shape index (κ3) is 1.51. The Kier molecular flexibility index (Phi) is 2.28. The first-order valence-corrected chi connectivity index (χ1v) is 4.33. The Morgan fingerprint density at radius 1 is 1.50 bits per heavy atom. The fourth-order valence-electron chi connectivity index (χ4n) is 1.38. The normalized spacial score (nSPS) is 13.0. The first kappa shape index (κ1) is 8.89. The fraction of sp³-hybridized carbons (Fsp3) is 0.375. The van der Waals surface area contributed by atoms with Crippen LogP contribution in [0.4, 0.5) is 0 Å². The molecule has 14 heavy (non-hydrogen) atoms. The van der Waals surface area contributed by atoms with E-state index in [1.165, 1.54) is 0 Å². The Morgan fingerprint density at radius 2 is 2.36 bits per heavy atom. The molecule has 0 saturated carbocycles. The van der Waals surface area contributed by atoms with Crippen LogP contribution in [0.25, 0.3) is 0 Å². The molecule has 0 bridgehead atoms. The highest BCUT2D eigenvalue weighted by molar-refractivity contribution is 5.17. The molecule has 1 unspecified atom stereocenters. The van der Waals surface area contributed by atoms with Crippen LogP contribution in [0.2, 0.25) is 0 Å². The highest BCUT2D eigenvalue weighted by Crippen LogP contribution is 2.16. The fourth-order valence-corrected chi connectivity index (χ4v) is 1.38. The van der Waals surface area contributed by atoms with Crippen molar-refractivity contribution in [2.75, 3.05) is 7.05 Å². The van der Waals surface area contributed by atoms with Gasteiger partial charge in [0.25, 0.3) is 0 Å². The molecule has 2 heterocycles. The lowest BCUT2D eigenvalue weighted by atomic mass is 10.1. The van der Waals surface area contributed by atoms with E-state index in [4.69, 9.17) is 0 Å². The van der Waals surface area contributed by atoms with Crippen LogP contribution in [0, 0.1) is 0 Å². The van der Waals surface area contributed by atoms with Gasteiger partial charge in [-0.3, -0.25) is 4.68 Å². The van der Waals surface area contributed by atoms with Gasteiger partial charge in [0.2, 0.25) is 0 Å². The standard InChI is InChI=1S/C8H12N6/c1-9-8(7-5-10-13-11-7)6-3-4-14(2)12-6/h3-5,8-9H,1-2H3,(H,10,11,13). The average Bonchev–Trinajstić information content (AvgIpc) is 2.79. The smallest absolute Gasteiger partial charge is 0.106 e. The average molecular weight is 192 g/mol. The maximum Gasteiger partial charge on any atom is 0.106 e. The van der Waals surface area contributed by atoms with Gasteiger partial charge in [0.15, 0.2) is 0 Å². The lowest BCUT2D eigenvalue weighted by Gasteiger charge is -2.09. The minimum atomic E-state index is -0.00468. The summed E-state index contributed by atoms with van der Waals surface area (Å²) >= 11 is 0. The molecule has 0 radical (unpaired) electrons. The van der Waals surface area contributed by atoms with E-state index in [0.29, 0.717) is 0 Å². The maximum atomic E-state index is 4.31. The van der Waals surface area contributed by atoms with Crippen molar-refractivity contribution in [3.63, 3.8) is 0 Å². The Bertz CT molecular complexity index is 390. The van der Waals surface area contributed by atoms with Crippen LogP contribution in [-0.4, -0.2) is 32.2 Å². The van der Waals surface area contributed by atoms with Crippen LogP contribution >= 0.6 is 0 Å². The van der Waals surface area contributed by atoms with Crippen LogP contribution in [0.1, 0.15) is 17.4 Å². The predicted molar refractivity (Wildman–Crippen MR) is 50.5 cm³/mol. The third-order valence-corrected chi connectivity index (χ3v) is 2.05. The van der Waals surface area contributed by atoms with Crippen molar-refractivity contribution in [3.8, 4) is 0 Å². The monoisotopic (exact) mass is 192 g/mol. The van der Waals surface area contributed by atoms with Crippen molar-refractivity contribution in [2.24, 2.45) is 7.05 Å². The lowest BCUT2D eigenvalue weighted by molar-refractivity contribution is 0.626. The number of aromatic nitrogens is 5. The molecular formula is C8H12N6. The van der Waals surface area contributed by atoms with E-state index in [0.717, 1.165) is 11.4 Å². The number of hydrogen-bond donors (Lipinski definition) is 2. The number of nitrogens with one attached hydrogen (secondary N) is 2. The van der Waals surface area contributed by atoms with Gasteiger partial charge in [-0.05, 0) is 13.1 Å². The number of aromatic amines is 1. The van der Waals surface area contributed by atoms with E-state index in [1.54, 1.807) is 10.9 Å². The van der Waals surface area contributed by atoms with Gasteiger partial charge in [-0.2, -0.15) is 20.5 Å². The molecule has 2 aromatic rings. The number of aryl methyl sites for hydroxylation is 1. The van der Waals surface area contributed by atoms with Crippen LogP contribution in [0.5, 0.6) is 0 Å². The Morgan fingerprint density at radius 3 is 2.86 bits per heavy atom. The van der Waals surface area contributed by atoms with E-state index in [1.807, 2.05) is 26.4 Å². The first-order chi connectivity index (χ1) is 6.81. The van der Waals surface area contributed by atoms with Crippen LogP contribution < -0.4 is 5.32 Å². The van der Waals surface area contributed by atoms with Crippen molar-refractivity contribution in [1.82, 2.24) is 30.5 Å². The molecule has 2 aromatic heterocycles.